The molecule has 1 aliphatic rings. The van der Waals surface area contributed by atoms with Crippen LogP contribution in [0, 0.1) is 0 Å². The number of aliphatic imine (C=N–C) groups is 1. The van der Waals surface area contributed by atoms with Crippen molar-refractivity contribution in [1.82, 2.24) is 10.6 Å². The number of guanidine groups is 1. The maximum absolute atomic E-state index is 5.62. The van der Waals surface area contributed by atoms with Crippen LogP contribution in [0.3, 0.4) is 0 Å². The fraction of sp³-hybridized carbons (Fsp3) is 0.588. The highest BCUT2D eigenvalue weighted by Crippen LogP contribution is 2.14. The smallest absolute Gasteiger partial charge is 0.190 e. The number of rotatable bonds is 7. The highest BCUT2D eigenvalue weighted by atomic mass is 127. The van der Waals surface area contributed by atoms with Crippen LogP contribution in [0.5, 0.6) is 0 Å². The van der Waals surface area contributed by atoms with Gasteiger partial charge in [0.1, 0.15) is 0 Å². The first-order valence-corrected chi connectivity index (χ1v) is 7.98. The summed E-state index contributed by atoms with van der Waals surface area (Å²) in [6.45, 7) is 2.79. The lowest BCUT2D eigenvalue weighted by molar-refractivity contribution is 0.105. The van der Waals surface area contributed by atoms with Gasteiger partial charge >= 0.3 is 0 Å². The minimum Gasteiger partial charge on any atom is -0.378 e. The lowest BCUT2D eigenvalue weighted by atomic mass is 10.1. The normalized spacial score (nSPS) is 17.9. The molecule has 1 aliphatic heterocycles. The summed E-state index contributed by atoms with van der Waals surface area (Å²) in [7, 11) is 1.82. The molecule has 0 bridgehead atoms. The van der Waals surface area contributed by atoms with Gasteiger partial charge in [-0.1, -0.05) is 30.3 Å². The van der Waals surface area contributed by atoms with E-state index in [0.29, 0.717) is 6.10 Å². The van der Waals surface area contributed by atoms with Crippen LogP contribution in [-0.4, -0.2) is 38.8 Å². The third-order valence-corrected chi connectivity index (χ3v) is 3.78. The molecular weight excluding hydrogens is 389 g/mol. The maximum atomic E-state index is 5.62. The fourth-order valence-electron chi connectivity index (χ4n) is 2.59. The molecule has 1 aromatic carbocycles. The Morgan fingerprint density at radius 1 is 1.23 bits per heavy atom. The topological polar surface area (TPSA) is 45.7 Å². The average Bonchev–Trinajstić information content (AvgIpc) is 3.04. The first-order chi connectivity index (χ1) is 10.4. The van der Waals surface area contributed by atoms with Crippen molar-refractivity contribution in [2.24, 2.45) is 4.99 Å². The highest BCUT2D eigenvalue weighted by Gasteiger charge is 2.14. The Kier molecular flexibility index (Phi) is 10.2. The van der Waals surface area contributed by atoms with E-state index in [1.165, 1.54) is 18.4 Å². The molecule has 0 radical (unpaired) electrons. The van der Waals surface area contributed by atoms with Gasteiger partial charge in [-0.25, -0.2) is 0 Å². The van der Waals surface area contributed by atoms with Gasteiger partial charge in [-0.15, -0.1) is 24.0 Å². The van der Waals surface area contributed by atoms with Gasteiger partial charge in [0.05, 0.1) is 6.10 Å². The molecule has 0 aromatic heterocycles. The molecule has 1 atom stereocenters. The first kappa shape index (κ1) is 19.2. The second-order valence-corrected chi connectivity index (χ2v) is 5.44. The zero-order chi connectivity index (χ0) is 14.8. The van der Waals surface area contributed by atoms with Gasteiger partial charge in [-0.2, -0.15) is 0 Å². The van der Waals surface area contributed by atoms with Crippen LogP contribution in [0.25, 0.3) is 0 Å². The third-order valence-electron chi connectivity index (χ3n) is 3.78. The van der Waals surface area contributed by atoms with Crippen molar-refractivity contribution in [2.75, 3.05) is 26.7 Å². The van der Waals surface area contributed by atoms with Gasteiger partial charge < -0.3 is 15.4 Å². The van der Waals surface area contributed by atoms with Crippen molar-refractivity contribution in [3.63, 3.8) is 0 Å². The molecule has 0 spiro atoms. The Hall–Kier alpha value is -0.820. The van der Waals surface area contributed by atoms with E-state index in [0.717, 1.165) is 44.9 Å². The van der Waals surface area contributed by atoms with Crippen molar-refractivity contribution in [3.8, 4) is 0 Å². The first-order valence-electron chi connectivity index (χ1n) is 7.98. The molecule has 1 heterocycles. The monoisotopic (exact) mass is 417 g/mol. The van der Waals surface area contributed by atoms with Gasteiger partial charge in [0.15, 0.2) is 5.96 Å². The van der Waals surface area contributed by atoms with Crippen molar-refractivity contribution >= 4 is 29.9 Å². The number of halogens is 1. The van der Waals surface area contributed by atoms with E-state index >= 15 is 0 Å². The number of nitrogens with one attached hydrogen (secondary N) is 2. The summed E-state index contributed by atoms with van der Waals surface area (Å²) in [5, 5.41) is 6.72. The molecule has 2 N–H and O–H groups in total. The molecule has 5 heteroatoms. The average molecular weight is 417 g/mol. The molecule has 1 aromatic rings. The Labute approximate surface area is 151 Å². The number of hydrogen-bond acceptors (Lipinski definition) is 2. The molecule has 2 rings (SSSR count). The number of ether oxygens (including phenoxy) is 1. The molecule has 22 heavy (non-hydrogen) atoms. The molecular formula is C17H28IN3O. The van der Waals surface area contributed by atoms with Crippen LogP contribution in [0.4, 0.5) is 0 Å². The number of aryl methyl sites for hydroxylation is 1. The van der Waals surface area contributed by atoms with Crippen LogP contribution in [0.2, 0.25) is 0 Å². The van der Waals surface area contributed by atoms with Crippen molar-refractivity contribution in [2.45, 2.75) is 38.2 Å². The largest absolute Gasteiger partial charge is 0.378 e. The summed E-state index contributed by atoms with van der Waals surface area (Å²) in [6, 6.07) is 10.6. The van der Waals surface area contributed by atoms with Crippen LogP contribution in [-0.2, 0) is 11.2 Å². The van der Waals surface area contributed by atoms with Crippen molar-refractivity contribution in [1.29, 1.82) is 0 Å². The van der Waals surface area contributed by atoms with Gasteiger partial charge in [0, 0.05) is 26.7 Å². The van der Waals surface area contributed by atoms with Crippen LogP contribution in [0.15, 0.2) is 35.3 Å². The van der Waals surface area contributed by atoms with E-state index in [1.54, 1.807) is 0 Å². The third kappa shape index (κ3) is 7.45. The zero-order valence-electron chi connectivity index (χ0n) is 13.4. The minimum absolute atomic E-state index is 0. The molecule has 0 saturated carbocycles. The number of nitrogens with zero attached hydrogens (tertiary/aromatic N) is 1. The zero-order valence-corrected chi connectivity index (χ0v) is 15.7. The summed E-state index contributed by atoms with van der Waals surface area (Å²) in [5.41, 5.74) is 1.39. The molecule has 1 unspecified atom stereocenters. The summed E-state index contributed by atoms with van der Waals surface area (Å²) in [6.07, 6.45) is 6.11. The Balaban J connectivity index is 0.00000242. The molecule has 4 nitrogen and oxygen atoms in total. The van der Waals surface area contributed by atoms with Gasteiger partial charge in [-0.05, 0) is 37.7 Å². The van der Waals surface area contributed by atoms with Gasteiger partial charge in [0.25, 0.3) is 0 Å². The fourth-order valence-corrected chi connectivity index (χ4v) is 2.59. The summed E-state index contributed by atoms with van der Waals surface area (Å²) in [5.74, 6) is 0.890. The number of hydrogen-bond donors (Lipinski definition) is 2. The Morgan fingerprint density at radius 3 is 2.68 bits per heavy atom. The van der Waals surface area contributed by atoms with Gasteiger partial charge in [0.2, 0.25) is 0 Å². The predicted molar refractivity (Wildman–Crippen MR) is 103 cm³/mol. The second kappa shape index (κ2) is 11.7. The van der Waals surface area contributed by atoms with Crippen LogP contribution >= 0.6 is 24.0 Å². The van der Waals surface area contributed by atoms with E-state index < -0.39 is 0 Å². The number of benzene rings is 1. The van der Waals surface area contributed by atoms with Crippen molar-refractivity contribution in [3.05, 3.63) is 35.9 Å². The van der Waals surface area contributed by atoms with Crippen LogP contribution < -0.4 is 10.6 Å². The molecule has 0 aliphatic carbocycles. The predicted octanol–water partition coefficient (Wildman–Crippen LogP) is 2.97. The molecule has 1 fully saturated rings. The summed E-state index contributed by atoms with van der Waals surface area (Å²) < 4.78 is 5.62. The quantitative estimate of drug-likeness (QED) is 0.310. The van der Waals surface area contributed by atoms with E-state index in [-0.39, 0.29) is 24.0 Å². The van der Waals surface area contributed by atoms with E-state index in [2.05, 4.69) is 46.0 Å². The lowest BCUT2D eigenvalue weighted by Gasteiger charge is -2.14. The SMILES string of the molecule is CN=C(NCCCc1ccccc1)NCCC1CCCO1.I. The standard InChI is InChI=1S/C17H27N3O.HI/c1-18-17(20-13-11-16-10-6-14-21-16)19-12-5-9-15-7-3-2-4-8-15;/h2-4,7-8,16H,5-6,9-14H2,1H3,(H2,18,19,20);1H. The van der Waals surface area contributed by atoms with E-state index in [1.807, 2.05) is 7.05 Å². The van der Waals surface area contributed by atoms with Gasteiger partial charge in [-0.3, -0.25) is 4.99 Å². The maximum Gasteiger partial charge on any atom is 0.190 e. The minimum atomic E-state index is 0. The summed E-state index contributed by atoms with van der Waals surface area (Å²) in [4.78, 5) is 4.25. The summed E-state index contributed by atoms with van der Waals surface area (Å²) >= 11 is 0. The highest BCUT2D eigenvalue weighted by molar-refractivity contribution is 14.0. The second-order valence-electron chi connectivity index (χ2n) is 5.44. The Bertz CT molecular complexity index is 419. The molecule has 124 valence electrons. The van der Waals surface area contributed by atoms with E-state index in [4.69, 9.17) is 4.74 Å². The molecule has 0 amide bonds. The van der Waals surface area contributed by atoms with Crippen molar-refractivity contribution < 1.29 is 4.74 Å². The van der Waals surface area contributed by atoms with Crippen LogP contribution in [0.1, 0.15) is 31.2 Å². The molecule has 1 saturated heterocycles. The lowest BCUT2D eigenvalue weighted by Crippen LogP contribution is -2.39. The van der Waals surface area contributed by atoms with E-state index in [9.17, 15) is 0 Å². The Morgan fingerprint density at radius 2 is 2.00 bits per heavy atom.